The van der Waals surface area contributed by atoms with Gasteiger partial charge in [-0.1, -0.05) is 12.1 Å². The first-order valence-corrected chi connectivity index (χ1v) is 10.1. The van der Waals surface area contributed by atoms with Crippen LogP contribution >= 0.6 is 11.3 Å². The number of anilines is 1. The lowest BCUT2D eigenvalue weighted by molar-refractivity contribution is 0.312. The summed E-state index contributed by atoms with van der Waals surface area (Å²) >= 11 is 1.75. The first-order chi connectivity index (χ1) is 12.8. The lowest BCUT2D eigenvalue weighted by atomic mass is 10.2. The molecule has 1 saturated heterocycles. The van der Waals surface area contributed by atoms with E-state index < -0.39 is 0 Å². The van der Waals surface area contributed by atoms with Gasteiger partial charge in [-0.3, -0.25) is 0 Å². The van der Waals surface area contributed by atoms with Gasteiger partial charge in [-0.25, -0.2) is 9.98 Å². The van der Waals surface area contributed by atoms with E-state index in [0.29, 0.717) is 6.54 Å². The lowest BCUT2D eigenvalue weighted by Crippen LogP contribution is -2.45. The first-order valence-electron chi connectivity index (χ1n) is 9.18. The SMILES string of the molecule is CCNC(=NCc1cccnc1N1CCN(C)CC1)NCc1cccs1. The Balaban J connectivity index is 1.66. The molecule has 7 heteroatoms. The van der Waals surface area contributed by atoms with Crippen molar-refractivity contribution in [2.24, 2.45) is 4.99 Å². The molecular weight excluding hydrogens is 344 g/mol. The van der Waals surface area contributed by atoms with Crippen LogP contribution in [0.25, 0.3) is 0 Å². The number of thiophene rings is 1. The molecule has 0 saturated carbocycles. The van der Waals surface area contributed by atoms with Gasteiger partial charge >= 0.3 is 0 Å². The van der Waals surface area contributed by atoms with Gasteiger partial charge in [0.25, 0.3) is 0 Å². The molecule has 0 spiro atoms. The van der Waals surface area contributed by atoms with Gasteiger partial charge in [-0.05, 0) is 31.5 Å². The number of hydrogen-bond donors (Lipinski definition) is 2. The predicted octanol–water partition coefficient (Wildman–Crippen LogP) is 2.15. The van der Waals surface area contributed by atoms with Crippen LogP contribution in [-0.2, 0) is 13.1 Å². The minimum Gasteiger partial charge on any atom is -0.357 e. The van der Waals surface area contributed by atoms with E-state index in [9.17, 15) is 0 Å². The summed E-state index contributed by atoms with van der Waals surface area (Å²) < 4.78 is 0. The molecule has 1 fully saturated rings. The van der Waals surface area contributed by atoms with Crippen LogP contribution < -0.4 is 15.5 Å². The first kappa shape index (κ1) is 18.7. The molecular formula is C19H28N6S. The highest BCUT2D eigenvalue weighted by molar-refractivity contribution is 7.09. The second kappa shape index (κ2) is 9.54. The molecule has 0 atom stereocenters. The number of rotatable bonds is 6. The molecule has 0 bridgehead atoms. The van der Waals surface area contributed by atoms with Crippen molar-refractivity contribution >= 4 is 23.1 Å². The van der Waals surface area contributed by atoms with Crippen molar-refractivity contribution in [3.05, 3.63) is 46.3 Å². The molecule has 140 valence electrons. The summed E-state index contributed by atoms with van der Waals surface area (Å²) in [5, 5.41) is 8.83. The van der Waals surface area contributed by atoms with Crippen LogP contribution in [0.2, 0.25) is 0 Å². The van der Waals surface area contributed by atoms with Crippen molar-refractivity contribution in [2.75, 3.05) is 44.7 Å². The van der Waals surface area contributed by atoms with Crippen molar-refractivity contribution in [2.45, 2.75) is 20.0 Å². The Bertz CT molecular complexity index is 692. The van der Waals surface area contributed by atoms with E-state index in [-0.39, 0.29) is 0 Å². The minimum atomic E-state index is 0.620. The largest absolute Gasteiger partial charge is 0.357 e. The predicted molar refractivity (Wildman–Crippen MR) is 110 cm³/mol. The fourth-order valence-corrected chi connectivity index (χ4v) is 3.59. The van der Waals surface area contributed by atoms with E-state index in [4.69, 9.17) is 4.99 Å². The van der Waals surface area contributed by atoms with Crippen molar-refractivity contribution in [1.29, 1.82) is 0 Å². The highest BCUT2D eigenvalue weighted by Gasteiger charge is 2.17. The van der Waals surface area contributed by atoms with Crippen LogP contribution in [0.5, 0.6) is 0 Å². The Hall–Kier alpha value is -2.12. The molecule has 26 heavy (non-hydrogen) atoms. The third-order valence-corrected chi connectivity index (χ3v) is 5.31. The number of nitrogens with one attached hydrogen (secondary N) is 2. The number of hydrogen-bond acceptors (Lipinski definition) is 5. The van der Waals surface area contributed by atoms with Gasteiger partial charge < -0.3 is 20.4 Å². The number of guanidine groups is 1. The van der Waals surface area contributed by atoms with Crippen molar-refractivity contribution in [1.82, 2.24) is 20.5 Å². The monoisotopic (exact) mass is 372 g/mol. The standard InChI is InChI=1S/C19H28N6S/c1-3-20-19(23-15-17-7-5-13-26-17)22-14-16-6-4-8-21-18(16)25-11-9-24(2)10-12-25/h4-8,13H,3,9-12,14-15H2,1-2H3,(H2,20,22,23). The summed E-state index contributed by atoms with van der Waals surface area (Å²) in [5.74, 6) is 1.91. The normalized spacial score (nSPS) is 15.9. The molecule has 0 aromatic carbocycles. The quantitative estimate of drug-likeness (QED) is 0.601. The molecule has 0 aliphatic carbocycles. The summed E-state index contributed by atoms with van der Waals surface area (Å²) in [5.41, 5.74) is 1.17. The zero-order valence-corrected chi connectivity index (χ0v) is 16.4. The molecule has 0 amide bonds. The van der Waals surface area contributed by atoms with Gasteiger partial charge in [-0.15, -0.1) is 11.3 Å². The van der Waals surface area contributed by atoms with Gasteiger partial charge in [0.05, 0.1) is 13.1 Å². The van der Waals surface area contributed by atoms with Gasteiger partial charge in [0, 0.05) is 49.4 Å². The van der Waals surface area contributed by atoms with E-state index in [1.54, 1.807) is 11.3 Å². The fourth-order valence-electron chi connectivity index (χ4n) is 2.95. The van der Waals surface area contributed by atoms with E-state index >= 15 is 0 Å². The van der Waals surface area contributed by atoms with Crippen LogP contribution in [0.1, 0.15) is 17.4 Å². The van der Waals surface area contributed by atoms with Crippen molar-refractivity contribution < 1.29 is 0 Å². The smallest absolute Gasteiger partial charge is 0.191 e. The van der Waals surface area contributed by atoms with Gasteiger partial charge in [-0.2, -0.15) is 0 Å². The molecule has 2 aromatic rings. The molecule has 1 aliphatic heterocycles. The average Bonchev–Trinajstić information content (AvgIpc) is 3.19. The lowest BCUT2D eigenvalue weighted by Gasteiger charge is -2.34. The maximum absolute atomic E-state index is 4.78. The summed E-state index contributed by atoms with van der Waals surface area (Å²) in [6.45, 7) is 8.52. The van der Waals surface area contributed by atoms with E-state index in [2.05, 4.69) is 63.0 Å². The molecule has 2 N–H and O–H groups in total. The third-order valence-electron chi connectivity index (χ3n) is 4.43. The van der Waals surface area contributed by atoms with E-state index in [1.165, 1.54) is 10.4 Å². The molecule has 1 aliphatic rings. The average molecular weight is 373 g/mol. The number of pyridine rings is 1. The van der Waals surface area contributed by atoms with Crippen molar-refractivity contribution in [3.8, 4) is 0 Å². The molecule has 2 aromatic heterocycles. The highest BCUT2D eigenvalue weighted by Crippen LogP contribution is 2.19. The molecule has 6 nitrogen and oxygen atoms in total. The topological polar surface area (TPSA) is 55.8 Å². The van der Waals surface area contributed by atoms with Crippen LogP contribution in [-0.4, -0.2) is 55.6 Å². The Morgan fingerprint density at radius 2 is 2.04 bits per heavy atom. The second-order valence-electron chi connectivity index (χ2n) is 6.40. The third kappa shape index (κ3) is 5.19. The summed E-state index contributed by atoms with van der Waals surface area (Å²) in [6.07, 6.45) is 1.88. The van der Waals surface area contributed by atoms with Gasteiger partial charge in [0.2, 0.25) is 0 Å². The zero-order valence-electron chi connectivity index (χ0n) is 15.6. The molecule has 0 radical (unpaired) electrons. The number of aliphatic imine (C=N–C) groups is 1. The highest BCUT2D eigenvalue weighted by atomic mass is 32.1. The molecule has 0 unspecified atom stereocenters. The van der Waals surface area contributed by atoms with Crippen molar-refractivity contribution in [3.63, 3.8) is 0 Å². The summed E-state index contributed by atoms with van der Waals surface area (Å²) in [6, 6.07) is 8.33. The summed E-state index contributed by atoms with van der Waals surface area (Å²) in [4.78, 5) is 15.4. The van der Waals surface area contributed by atoms with Gasteiger partial charge in [0.15, 0.2) is 5.96 Å². The minimum absolute atomic E-state index is 0.620. The summed E-state index contributed by atoms with van der Waals surface area (Å²) in [7, 11) is 2.17. The van der Waals surface area contributed by atoms with E-state index in [1.807, 2.05) is 12.3 Å². The number of piperazine rings is 1. The maximum Gasteiger partial charge on any atom is 0.191 e. The Morgan fingerprint density at radius 3 is 2.77 bits per heavy atom. The number of nitrogens with zero attached hydrogens (tertiary/aromatic N) is 4. The van der Waals surface area contributed by atoms with Crippen LogP contribution in [0.15, 0.2) is 40.8 Å². The van der Waals surface area contributed by atoms with E-state index in [0.717, 1.165) is 51.0 Å². The number of aromatic nitrogens is 1. The maximum atomic E-state index is 4.78. The molecule has 3 rings (SSSR count). The van der Waals surface area contributed by atoms with Crippen LogP contribution in [0.4, 0.5) is 5.82 Å². The zero-order chi connectivity index (χ0) is 18.2. The Kier molecular flexibility index (Phi) is 6.85. The Labute approximate surface area is 160 Å². The Morgan fingerprint density at radius 1 is 1.19 bits per heavy atom. The molecule has 3 heterocycles. The van der Waals surface area contributed by atoms with Gasteiger partial charge in [0.1, 0.15) is 5.82 Å². The number of likely N-dealkylation sites (N-methyl/N-ethyl adjacent to an activating group) is 1. The fraction of sp³-hybridized carbons (Fsp3) is 0.474. The van der Waals surface area contributed by atoms with Crippen LogP contribution in [0, 0.1) is 0 Å². The second-order valence-corrected chi connectivity index (χ2v) is 7.44. The van der Waals surface area contributed by atoms with Crippen LogP contribution in [0.3, 0.4) is 0 Å².